The number of carbonyl (C=O) groups excluding carboxylic acids is 3. The highest BCUT2D eigenvalue weighted by atomic mass is 16.6. The zero-order valence-electron chi connectivity index (χ0n) is 25.2. The fourth-order valence-corrected chi connectivity index (χ4v) is 5.91. The molecule has 1 aromatic heterocycles. The average molecular weight is 583 g/mol. The molecule has 228 valence electrons. The van der Waals surface area contributed by atoms with Crippen molar-refractivity contribution in [3.8, 4) is 11.6 Å². The highest BCUT2D eigenvalue weighted by Crippen LogP contribution is 2.39. The van der Waals surface area contributed by atoms with Gasteiger partial charge in [-0.1, -0.05) is 40.0 Å². The van der Waals surface area contributed by atoms with Gasteiger partial charge in [0.1, 0.15) is 35.7 Å². The Balaban J connectivity index is 1.48. The maximum absolute atomic E-state index is 14.0. The Labute approximate surface area is 246 Å². The predicted octanol–water partition coefficient (Wildman–Crippen LogP) is 4.20. The highest BCUT2D eigenvalue weighted by Gasteiger charge is 2.47. The predicted molar refractivity (Wildman–Crippen MR) is 154 cm³/mol. The zero-order valence-corrected chi connectivity index (χ0v) is 25.2. The number of hydrogen-bond acceptors (Lipinski definition) is 9. The van der Waals surface area contributed by atoms with Crippen molar-refractivity contribution < 1.29 is 33.3 Å². The van der Waals surface area contributed by atoms with Crippen molar-refractivity contribution in [2.75, 3.05) is 20.8 Å². The number of methoxy groups -OCH3 is 2. The second kappa shape index (κ2) is 12.3. The minimum Gasteiger partial charge on any atom is -0.497 e. The topological polar surface area (TPSA) is 129 Å². The Bertz CT molecular complexity index is 1330. The summed E-state index contributed by atoms with van der Waals surface area (Å²) in [7, 11) is 2.90. The smallest absolute Gasteiger partial charge is 0.408 e. The fourth-order valence-electron chi connectivity index (χ4n) is 5.91. The lowest BCUT2D eigenvalue weighted by Gasteiger charge is -2.34. The maximum atomic E-state index is 14.0. The van der Waals surface area contributed by atoms with Crippen LogP contribution >= 0.6 is 0 Å². The Morgan fingerprint density at radius 3 is 2.55 bits per heavy atom. The van der Waals surface area contributed by atoms with Gasteiger partial charge in [-0.25, -0.2) is 19.6 Å². The summed E-state index contributed by atoms with van der Waals surface area (Å²) in [5.74, 6) is 0.482. The second-order valence-electron chi connectivity index (χ2n) is 12.7. The number of nitrogens with zero attached hydrogens (tertiary/aromatic N) is 3. The molecule has 1 saturated carbocycles. The number of aryl methyl sites for hydroxylation is 1. The molecule has 2 aliphatic heterocycles. The first kappa shape index (κ1) is 29.8. The molecule has 1 unspecified atom stereocenters. The van der Waals surface area contributed by atoms with E-state index in [-0.39, 0.29) is 25.0 Å². The molecule has 1 N–H and O–H groups in total. The van der Waals surface area contributed by atoms with E-state index in [1.165, 1.54) is 12.0 Å². The zero-order chi connectivity index (χ0) is 30.0. The minimum atomic E-state index is -0.918. The van der Waals surface area contributed by atoms with Crippen LogP contribution in [0.15, 0.2) is 18.2 Å². The maximum Gasteiger partial charge on any atom is 0.408 e. The standard InChI is InChI=1S/C31H42N4O7/c1-31(2,3)26-28(36)35-17-20(16-24(35)29(37)40-5)41-27-22(32-21-13-12-19(39-4)15-23(21)33-27)11-9-7-6-8-10-18-14-25(18)42-30(38)34-26/h12-13,15,18,20,24-26H,6-11,14,16-17H2,1-5H3,(H,34,38)/t18?,20-,24+,25-,26-/m1/s1. The van der Waals surface area contributed by atoms with Crippen LogP contribution in [0.4, 0.5) is 4.79 Å². The number of ether oxygens (including phenoxy) is 4. The van der Waals surface area contributed by atoms with Gasteiger partial charge in [0.2, 0.25) is 11.8 Å². The van der Waals surface area contributed by atoms with Crippen LogP contribution in [0.2, 0.25) is 0 Å². The molecule has 5 atom stereocenters. The first-order chi connectivity index (χ1) is 20.1. The molecule has 3 heterocycles. The van der Waals surface area contributed by atoms with Gasteiger partial charge >= 0.3 is 12.1 Å². The van der Waals surface area contributed by atoms with Crippen molar-refractivity contribution in [2.45, 2.75) is 96.4 Å². The summed E-state index contributed by atoms with van der Waals surface area (Å²) in [6.45, 7) is 5.74. The van der Waals surface area contributed by atoms with E-state index in [4.69, 9.17) is 28.9 Å². The molecule has 2 fully saturated rings. The summed E-state index contributed by atoms with van der Waals surface area (Å²) in [6, 6.07) is 3.76. The lowest BCUT2D eigenvalue weighted by molar-refractivity contribution is -0.152. The number of nitrogens with one attached hydrogen (secondary N) is 1. The number of hydrogen-bond donors (Lipinski definition) is 1. The van der Waals surface area contributed by atoms with Gasteiger partial charge in [0.15, 0.2) is 0 Å². The molecule has 5 rings (SSSR count). The van der Waals surface area contributed by atoms with Crippen molar-refractivity contribution in [2.24, 2.45) is 11.3 Å². The fraction of sp³-hybridized carbons (Fsp3) is 0.645. The van der Waals surface area contributed by atoms with Crippen LogP contribution in [0.5, 0.6) is 11.6 Å². The van der Waals surface area contributed by atoms with Crippen molar-refractivity contribution in [1.82, 2.24) is 20.2 Å². The van der Waals surface area contributed by atoms with Crippen molar-refractivity contribution in [1.29, 1.82) is 0 Å². The molecular weight excluding hydrogens is 540 g/mol. The van der Waals surface area contributed by atoms with E-state index in [1.807, 2.05) is 39.0 Å². The van der Waals surface area contributed by atoms with Gasteiger partial charge in [-0.3, -0.25) is 4.79 Å². The van der Waals surface area contributed by atoms with E-state index >= 15 is 0 Å². The summed E-state index contributed by atoms with van der Waals surface area (Å²) in [5.41, 5.74) is 1.49. The monoisotopic (exact) mass is 582 g/mol. The Morgan fingerprint density at radius 1 is 1.02 bits per heavy atom. The number of benzene rings is 1. The molecular formula is C31H42N4O7. The van der Waals surface area contributed by atoms with Crippen LogP contribution in [0.1, 0.15) is 71.4 Å². The van der Waals surface area contributed by atoms with E-state index in [1.54, 1.807) is 7.11 Å². The van der Waals surface area contributed by atoms with Crippen LogP contribution in [0.25, 0.3) is 11.0 Å². The van der Waals surface area contributed by atoms with Crippen LogP contribution in [0.3, 0.4) is 0 Å². The van der Waals surface area contributed by atoms with Crippen molar-refractivity contribution in [3.63, 3.8) is 0 Å². The molecule has 1 aliphatic carbocycles. The molecule has 42 heavy (non-hydrogen) atoms. The van der Waals surface area contributed by atoms with Gasteiger partial charge in [0.05, 0.1) is 31.8 Å². The van der Waals surface area contributed by atoms with Crippen LogP contribution in [0, 0.1) is 11.3 Å². The van der Waals surface area contributed by atoms with Crippen LogP contribution in [-0.2, 0) is 25.5 Å². The average Bonchev–Trinajstić information content (AvgIpc) is 3.55. The molecule has 3 aliphatic rings. The first-order valence-corrected chi connectivity index (χ1v) is 14.9. The molecule has 1 aromatic carbocycles. The third-order valence-electron chi connectivity index (χ3n) is 8.43. The number of fused-ring (bicyclic) bond motifs is 5. The summed E-state index contributed by atoms with van der Waals surface area (Å²) in [4.78, 5) is 50.9. The summed E-state index contributed by atoms with van der Waals surface area (Å²) in [5, 5.41) is 2.81. The SMILES string of the molecule is COC(=O)[C@@H]1C[C@@H]2CN1C(=O)[C@H](C(C)(C)C)NC(=O)O[C@@H]1CC1CCCCCCc1nc3ccc(OC)cc3nc1O2. The van der Waals surface area contributed by atoms with E-state index in [9.17, 15) is 14.4 Å². The second-order valence-corrected chi connectivity index (χ2v) is 12.7. The number of esters is 1. The van der Waals surface area contributed by atoms with E-state index in [0.717, 1.165) is 49.7 Å². The highest BCUT2D eigenvalue weighted by molar-refractivity contribution is 5.91. The molecule has 11 heteroatoms. The van der Waals surface area contributed by atoms with E-state index in [2.05, 4.69) is 5.32 Å². The van der Waals surface area contributed by atoms with Crippen LogP contribution < -0.4 is 14.8 Å². The van der Waals surface area contributed by atoms with E-state index < -0.39 is 35.7 Å². The third-order valence-corrected chi connectivity index (χ3v) is 8.43. The quantitative estimate of drug-likeness (QED) is 0.518. The molecule has 1 saturated heterocycles. The normalized spacial score (nSPS) is 27.3. The Hall–Kier alpha value is -3.63. The lowest BCUT2D eigenvalue weighted by atomic mass is 9.85. The number of aromatic nitrogens is 2. The number of rotatable bonds is 2. The molecule has 11 nitrogen and oxygen atoms in total. The summed E-state index contributed by atoms with van der Waals surface area (Å²) in [6.07, 6.45) is 5.59. The molecule has 0 radical (unpaired) electrons. The van der Waals surface area contributed by atoms with Gasteiger partial charge in [-0.2, -0.15) is 0 Å². The molecule has 2 bridgehead atoms. The van der Waals surface area contributed by atoms with Gasteiger partial charge in [0, 0.05) is 12.5 Å². The molecule has 2 aromatic rings. The van der Waals surface area contributed by atoms with E-state index in [0.29, 0.717) is 29.5 Å². The van der Waals surface area contributed by atoms with Gasteiger partial charge < -0.3 is 29.2 Å². The first-order valence-electron chi connectivity index (χ1n) is 14.9. The number of alkyl carbamates (subject to hydrolysis) is 1. The molecule has 2 amide bonds. The van der Waals surface area contributed by atoms with Gasteiger partial charge in [-0.05, 0) is 49.1 Å². The van der Waals surface area contributed by atoms with Crippen molar-refractivity contribution in [3.05, 3.63) is 23.9 Å². The van der Waals surface area contributed by atoms with Gasteiger partial charge in [0.25, 0.3) is 0 Å². The largest absolute Gasteiger partial charge is 0.497 e. The minimum absolute atomic E-state index is 0.121. The molecule has 0 spiro atoms. The number of carbonyl (C=O) groups is 3. The number of amides is 2. The third kappa shape index (κ3) is 6.71. The lowest BCUT2D eigenvalue weighted by Crippen LogP contribution is -2.57. The van der Waals surface area contributed by atoms with Crippen molar-refractivity contribution >= 4 is 29.0 Å². The van der Waals surface area contributed by atoms with Crippen LogP contribution in [-0.4, -0.2) is 77.9 Å². The Morgan fingerprint density at radius 2 is 1.81 bits per heavy atom. The van der Waals surface area contributed by atoms with Gasteiger partial charge in [-0.15, -0.1) is 0 Å². The summed E-state index contributed by atoms with van der Waals surface area (Å²) >= 11 is 0. The summed E-state index contributed by atoms with van der Waals surface area (Å²) < 4.78 is 22.6. The Kier molecular flexibility index (Phi) is 8.75.